The standard InChI is InChI=1S/C19H18N2O5/c1-24-15-6-4-14(5-7-15)21-19(23)13(11-20)8-12-9-16(25-2)18(22)17(10-12)26-3/h4-10,22H,1-3H3,(H,21,23). The molecule has 0 heterocycles. The first-order chi connectivity index (χ1) is 12.5. The highest BCUT2D eigenvalue weighted by molar-refractivity contribution is 6.09. The van der Waals surface area contributed by atoms with Crippen molar-refractivity contribution < 1.29 is 24.1 Å². The van der Waals surface area contributed by atoms with Crippen LogP contribution < -0.4 is 19.5 Å². The summed E-state index contributed by atoms with van der Waals surface area (Å²) in [5, 5.41) is 21.9. The summed E-state index contributed by atoms with van der Waals surface area (Å²) in [5.41, 5.74) is 0.881. The number of phenolic OH excluding ortho intramolecular Hbond substituents is 1. The number of hydrogen-bond acceptors (Lipinski definition) is 6. The molecule has 0 aliphatic rings. The number of phenols is 1. The summed E-state index contributed by atoms with van der Waals surface area (Å²) >= 11 is 0. The van der Waals surface area contributed by atoms with Crippen LogP contribution in [0.25, 0.3) is 6.08 Å². The molecule has 0 fully saturated rings. The maximum Gasteiger partial charge on any atom is 0.266 e. The first-order valence-electron chi connectivity index (χ1n) is 7.54. The minimum Gasteiger partial charge on any atom is -0.502 e. The smallest absolute Gasteiger partial charge is 0.266 e. The largest absolute Gasteiger partial charge is 0.502 e. The van der Waals surface area contributed by atoms with Crippen molar-refractivity contribution in [2.75, 3.05) is 26.6 Å². The molecular weight excluding hydrogens is 336 g/mol. The number of rotatable bonds is 6. The zero-order valence-electron chi connectivity index (χ0n) is 14.6. The van der Waals surface area contributed by atoms with Gasteiger partial charge in [-0.05, 0) is 48.0 Å². The molecule has 0 saturated heterocycles. The third kappa shape index (κ3) is 4.24. The average Bonchev–Trinajstić information content (AvgIpc) is 2.67. The van der Waals surface area contributed by atoms with Crippen molar-refractivity contribution >= 4 is 17.7 Å². The quantitative estimate of drug-likeness (QED) is 0.611. The molecule has 0 atom stereocenters. The van der Waals surface area contributed by atoms with Gasteiger partial charge in [0.2, 0.25) is 5.75 Å². The lowest BCUT2D eigenvalue weighted by Gasteiger charge is -2.10. The Morgan fingerprint density at radius 2 is 1.65 bits per heavy atom. The molecule has 0 aromatic heterocycles. The van der Waals surface area contributed by atoms with E-state index in [9.17, 15) is 15.2 Å². The van der Waals surface area contributed by atoms with E-state index in [2.05, 4.69) is 5.32 Å². The number of carbonyl (C=O) groups is 1. The lowest BCUT2D eigenvalue weighted by molar-refractivity contribution is -0.112. The van der Waals surface area contributed by atoms with Gasteiger partial charge < -0.3 is 24.6 Å². The first kappa shape index (κ1) is 18.7. The van der Waals surface area contributed by atoms with Gasteiger partial charge in [-0.3, -0.25) is 4.79 Å². The van der Waals surface area contributed by atoms with E-state index in [1.807, 2.05) is 6.07 Å². The number of nitriles is 1. The third-order valence-corrected chi connectivity index (χ3v) is 3.53. The van der Waals surface area contributed by atoms with Gasteiger partial charge in [-0.15, -0.1) is 0 Å². The monoisotopic (exact) mass is 354 g/mol. The van der Waals surface area contributed by atoms with Gasteiger partial charge in [0.25, 0.3) is 5.91 Å². The van der Waals surface area contributed by atoms with Crippen LogP contribution >= 0.6 is 0 Å². The van der Waals surface area contributed by atoms with E-state index in [1.165, 1.54) is 32.4 Å². The summed E-state index contributed by atoms with van der Waals surface area (Å²) in [6.07, 6.45) is 1.38. The van der Waals surface area contributed by atoms with Crippen LogP contribution in [0.1, 0.15) is 5.56 Å². The van der Waals surface area contributed by atoms with Crippen molar-refractivity contribution in [1.82, 2.24) is 0 Å². The third-order valence-electron chi connectivity index (χ3n) is 3.53. The Labute approximate surface area is 151 Å². The minimum absolute atomic E-state index is 0.115. The minimum atomic E-state index is -0.566. The van der Waals surface area contributed by atoms with Crippen LogP contribution in [0, 0.1) is 11.3 Å². The summed E-state index contributed by atoms with van der Waals surface area (Å²) in [4.78, 5) is 12.3. The highest BCUT2D eigenvalue weighted by atomic mass is 16.5. The molecule has 7 nitrogen and oxygen atoms in total. The zero-order valence-corrected chi connectivity index (χ0v) is 14.6. The highest BCUT2D eigenvalue weighted by Crippen LogP contribution is 2.37. The van der Waals surface area contributed by atoms with E-state index in [0.29, 0.717) is 17.0 Å². The molecule has 0 spiro atoms. The number of hydrogen-bond donors (Lipinski definition) is 2. The predicted octanol–water partition coefficient (Wildman–Crippen LogP) is 2.96. The van der Waals surface area contributed by atoms with Gasteiger partial charge in [-0.2, -0.15) is 5.26 Å². The molecule has 7 heteroatoms. The van der Waals surface area contributed by atoms with Gasteiger partial charge in [-0.1, -0.05) is 0 Å². The number of nitrogens with zero attached hydrogens (tertiary/aromatic N) is 1. The molecule has 1 amide bonds. The Hall–Kier alpha value is -3.66. The van der Waals surface area contributed by atoms with Crippen LogP contribution in [0.5, 0.6) is 23.0 Å². The van der Waals surface area contributed by atoms with Gasteiger partial charge in [0.1, 0.15) is 17.4 Å². The van der Waals surface area contributed by atoms with Crippen LogP contribution in [-0.4, -0.2) is 32.3 Å². The second-order valence-electron chi connectivity index (χ2n) is 5.13. The average molecular weight is 354 g/mol. The zero-order chi connectivity index (χ0) is 19.1. The summed E-state index contributed by atoms with van der Waals surface area (Å²) in [7, 11) is 4.33. The van der Waals surface area contributed by atoms with E-state index < -0.39 is 5.91 Å². The summed E-state index contributed by atoms with van der Waals surface area (Å²) in [5.74, 6) is 0.270. The fourth-order valence-electron chi connectivity index (χ4n) is 2.19. The van der Waals surface area contributed by atoms with E-state index >= 15 is 0 Å². The number of benzene rings is 2. The van der Waals surface area contributed by atoms with E-state index in [1.54, 1.807) is 31.4 Å². The van der Waals surface area contributed by atoms with Crippen LogP contribution in [0.2, 0.25) is 0 Å². The molecule has 0 aliphatic heterocycles. The number of carbonyl (C=O) groups excluding carboxylic acids is 1. The van der Waals surface area contributed by atoms with Gasteiger partial charge >= 0.3 is 0 Å². The van der Waals surface area contributed by atoms with E-state index in [-0.39, 0.29) is 22.8 Å². The number of ether oxygens (including phenoxy) is 3. The summed E-state index contributed by atoms with van der Waals surface area (Å²) in [6.45, 7) is 0. The maximum absolute atomic E-state index is 12.3. The number of anilines is 1. The summed E-state index contributed by atoms with van der Waals surface area (Å²) < 4.78 is 15.2. The molecule has 0 radical (unpaired) electrons. The molecule has 2 aromatic carbocycles. The lowest BCUT2D eigenvalue weighted by atomic mass is 10.1. The van der Waals surface area contributed by atoms with Crippen LogP contribution in [0.15, 0.2) is 42.0 Å². The SMILES string of the molecule is COc1ccc(NC(=O)C(C#N)=Cc2cc(OC)c(O)c(OC)c2)cc1. The van der Waals surface area contributed by atoms with Crippen LogP contribution in [0.4, 0.5) is 5.69 Å². The number of nitrogens with one attached hydrogen (secondary N) is 1. The normalized spacial score (nSPS) is 10.6. The Kier molecular flexibility index (Phi) is 6.06. The Bertz CT molecular complexity index is 841. The molecule has 0 bridgehead atoms. The molecule has 2 N–H and O–H groups in total. The van der Waals surface area contributed by atoms with E-state index in [0.717, 1.165) is 0 Å². The Morgan fingerprint density at radius 1 is 1.08 bits per heavy atom. The lowest BCUT2D eigenvalue weighted by Crippen LogP contribution is -2.13. The van der Waals surface area contributed by atoms with Gasteiger partial charge in [0, 0.05) is 5.69 Å². The Morgan fingerprint density at radius 3 is 2.12 bits per heavy atom. The molecule has 26 heavy (non-hydrogen) atoms. The molecule has 2 rings (SSSR count). The topological polar surface area (TPSA) is 101 Å². The Balaban J connectivity index is 2.29. The van der Waals surface area contributed by atoms with Crippen LogP contribution in [0.3, 0.4) is 0 Å². The number of aromatic hydroxyl groups is 1. The van der Waals surface area contributed by atoms with Crippen molar-refractivity contribution in [3.63, 3.8) is 0 Å². The molecule has 0 aliphatic carbocycles. The molecule has 134 valence electrons. The fourth-order valence-corrected chi connectivity index (χ4v) is 2.19. The van der Waals surface area contributed by atoms with Crippen molar-refractivity contribution in [3.05, 3.63) is 47.5 Å². The summed E-state index contributed by atoms with van der Waals surface area (Å²) in [6, 6.07) is 11.6. The maximum atomic E-state index is 12.3. The first-order valence-corrected chi connectivity index (χ1v) is 7.54. The number of amides is 1. The van der Waals surface area contributed by atoms with Crippen molar-refractivity contribution in [2.45, 2.75) is 0 Å². The van der Waals surface area contributed by atoms with Gasteiger partial charge in [0.05, 0.1) is 21.3 Å². The number of methoxy groups -OCH3 is 3. The van der Waals surface area contributed by atoms with Crippen molar-refractivity contribution in [3.8, 4) is 29.1 Å². The van der Waals surface area contributed by atoms with E-state index in [4.69, 9.17) is 14.2 Å². The van der Waals surface area contributed by atoms with Gasteiger partial charge in [0.15, 0.2) is 11.5 Å². The fraction of sp³-hybridized carbons (Fsp3) is 0.158. The molecular formula is C19H18N2O5. The highest BCUT2D eigenvalue weighted by Gasteiger charge is 2.13. The molecule has 0 unspecified atom stereocenters. The van der Waals surface area contributed by atoms with Crippen LogP contribution in [-0.2, 0) is 4.79 Å². The second-order valence-corrected chi connectivity index (χ2v) is 5.13. The predicted molar refractivity (Wildman–Crippen MR) is 96.4 cm³/mol. The molecule has 2 aromatic rings. The van der Waals surface area contributed by atoms with Crippen molar-refractivity contribution in [1.29, 1.82) is 5.26 Å². The van der Waals surface area contributed by atoms with Gasteiger partial charge in [-0.25, -0.2) is 0 Å². The second kappa shape index (κ2) is 8.44. The van der Waals surface area contributed by atoms with Crippen molar-refractivity contribution in [2.24, 2.45) is 0 Å². The molecule has 0 saturated carbocycles.